The summed E-state index contributed by atoms with van der Waals surface area (Å²) in [5.41, 5.74) is 1.34. The largest absolute Gasteiger partial charge is 0.379 e. The van der Waals surface area contributed by atoms with Crippen molar-refractivity contribution in [2.45, 2.75) is 50.5 Å². The topological polar surface area (TPSA) is 80.6 Å². The Morgan fingerprint density at radius 3 is 2.59 bits per heavy atom. The fourth-order valence-electron chi connectivity index (χ4n) is 3.64. The van der Waals surface area contributed by atoms with E-state index in [-0.39, 0.29) is 16.9 Å². The Kier molecular flexibility index (Phi) is 6.97. The number of aryl methyl sites for hydroxylation is 1. The van der Waals surface area contributed by atoms with Crippen LogP contribution in [0.4, 0.5) is 0 Å². The SMILES string of the molecule is CC(C)OCCCNC(=O)c1cc2cc(S(=O)(=O)N3CCCCC3)ccc2n1C. The zero-order chi connectivity index (χ0) is 21.0. The van der Waals surface area contributed by atoms with Gasteiger partial charge in [-0.2, -0.15) is 4.31 Å². The van der Waals surface area contributed by atoms with E-state index in [1.54, 1.807) is 33.1 Å². The fourth-order valence-corrected chi connectivity index (χ4v) is 5.20. The van der Waals surface area contributed by atoms with E-state index in [1.165, 1.54) is 0 Å². The highest BCUT2D eigenvalue weighted by Crippen LogP contribution is 2.26. The van der Waals surface area contributed by atoms with Crippen LogP contribution in [0.1, 0.15) is 50.0 Å². The molecule has 1 saturated heterocycles. The molecule has 1 amide bonds. The lowest BCUT2D eigenvalue weighted by Gasteiger charge is -2.25. The molecule has 0 bridgehead atoms. The number of carbonyl (C=O) groups is 1. The molecule has 0 spiro atoms. The second-order valence-corrected chi connectivity index (χ2v) is 9.74. The third kappa shape index (κ3) is 4.99. The molecule has 2 heterocycles. The van der Waals surface area contributed by atoms with Crippen LogP contribution in [0.3, 0.4) is 0 Å². The first-order valence-corrected chi connectivity index (χ1v) is 11.7. The van der Waals surface area contributed by atoms with E-state index >= 15 is 0 Å². The molecule has 29 heavy (non-hydrogen) atoms. The number of sulfonamides is 1. The van der Waals surface area contributed by atoms with Crippen molar-refractivity contribution in [2.75, 3.05) is 26.2 Å². The predicted molar refractivity (Wildman–Crippen MR) is 114 cm³/mol. The zero-order valence-corrected chi connectivity index (χ0v) is 18.3. The van der Waals surface area contributed by atoms with Gasteiger partial charge in [-0.1, -0.05) is 6.42 Å². The average molecular weight is 422 g/mol. The molecule has 2 aromatic rings. The van der Waals surface area contributed by atoms with Crippen molar-refractivity contribution in [2.24, 2.45) is 7.05 Å². The molecule has 0 saturated carbocycles. The fraction of sp³-hybridized carbons (Fsp3) is 0.571. The molecule has 1 N–H and O–H groups in total. The van der Waals surface area contributed by atoms with Gasteiger partial charge >= 0.3 is 0 Å². The van der Waals surface area contributed by atoms with Crippen molar-refractivity contribution in [1.82, 2.24) is 14.2 Å². The molecule has 1 aliphatic rings. The van der Waals surface area contributed by atoms with Gasteiger partial charge in [-0.3, -0.25) is 4.79 Å². The molecule has 0 atom stereocenters. The molecule has 3 rings (SSSR count). The van der Waals surface area contributed by atoms with Crippen LogP contribution in [0.5, 0.6) is 0 Å². The monoisotopic (exact) mass is 421 g/mol. The number of benzene rings is 1. The van der Waals surface area contributed by atoms with Crippen LogP contribution in [0.15, 0.2) is 29.2 Å². The van der Waals surface area contributed by atoms with Gasteiger partial charge in [0.15, 0.2) is 0 Å². The first-order chi connectivity index (χ1) is 13.8. The number of amides is 1. The number of carbonyl (C=O) groups excluding carboxylic acids is 1. The molecular formula is C21H31N3O4S. The highest BCUT2D eigenvalue weighted by atomic mass is 32.2. The van der Waals surface area contributed by atoms with Crippen molar-refractivity contribution in [3.05, 3.63) is 30.0 Å². The van der Waals surface area contributed by atoms with Gasteiger partial charge < -0.3 is 14.6 Å². The van der Waals surface area contributed by atoms with Crippen molar-refractivity contribution in [3.63, 3.8) is 0 Å². The maximum absolute atomic E-state index is 12.9. The minimum absolute atomic E-state index is 0.173. The van der Waals surface area contributed by atoms with Crippen LogP contribution in [0.2, 0.25) is 0 Å². The molecular weight excluding hydrogens is 390 g/mol. The number of rotatable bonds is 8. The summed E-state index contributed by atoms with van der Waals surface area (Å²) in [7, 11) is -1.68. The quantitative estimate of drug-likeness (QED) is 0.665. The Hall–Kier alpha value is -1.90. The molecule has 8 heteroatoms. The van der Waals surface area contributed by atoms with Crippen LogP contribution in [-0.2, 0) is 21.8 Å². The van der Waals surface area contributed by atoms with E-state index in [4.69, 9.17) is 4.74 Å². The number of ether oxygens (including phenoxy) is 1. The highest BCUT2D eigenvalue weighted by Gasteiger charge is 2.26. The van der Waals surface area contributed by atoms with E-state index in [0.717, 1.165) is 36.6 Å². The third-order valence-electron chi connectivity index (χ3n) is 5.26. The number of nitrogens with zero attached hydrogens (tertiary/aromatic N) is 2. The minimum Gasteiger partial charge on any atom is -0.379 e. The molecule has 0 radical (unpaired) electrons. The van der Waals surface area contributed by atoms with Gasteiger partial charge in [0, 0.05) is 44.2 Å². The highest BCUT2D eigenvalue weighted by molar-refractivity contribution is 7.89. The number of aromatic nitrogens is 1. The van der Waals surface area contributed by atoms with E-state index in [1.807, 2.05) is 20.9 Å². The number of hydrogen-bond acceptors (Lipinski definition) is 4. The smallest absolute Gasteiger partial charge is 0.267 e. The minimum atomic E-state index is -3.50. The van der Waals surface area contributed by atoms with Gasteiger partial charge in [-0.15, -0.1) is 0 Å². The summed E-state index contributed by atoms with van der Waals surface area (Å²) in [5.74, 6) is -0.173. The van der Waals surface area contributed by atoms with Gasteiger partial charge in [0.1, 0.15) is 5.69 Å². The summed E-state index contributed by atoms with van der Waals surface area (Å²) >= 11 is 0. The lowest BCUT2D eigenvalue weighted by atomic mass is 10.2. The first-order valence-electron chi connectivity index (χ1n) is 10.3. The van der Waals surface area contributed by atoms with Crippen LogP contribution in [0, 0.1) is 0 Å². The van der Waals surface area contributed by atoms with Crippen molar-refractivity contribution in [1.29, 1.82) is 0 Å². The van der Waals surface area contributed by atoms with Gasteiger partial charge in [0.25, 0.3) is 5.91 Å². The molecule has 1 aromatic heterocycles. The maximum atomic E-state index is 12.9. The Morgan fingerprint density at radius 2 is 1.90 bits per heavy atom. The summed E-state index contributed by atoms with van der Waals surface area (Å²) in [6, 6.07) is 6.84. The third-order valence-corrected chi connectivity index (χ3v) is 7.15. The lowest BCUT2D eigenvalue weighted by molar-refractivity contribution is 0.0756. The van der Waals surface area contributed by atoms with Crippen molar-refractivity contribution in [3.8, 4) is 0 Å². The summed E-state index contributed by atoms with van der Waals surface area (Å²) in [6.45, 7) is 6.24. The molecule has 1 fully saturated rings. The molecule has 7 nitrogen and oxygen atoms in total. The van der Waals surface area contributed by atoms with Crippen LogP contribution >= 0.6 is 0 Å². The van der Waals surface area contributed by atoms with Crippen LogP contribution in [0.25, 0.3) is 10.9 Å². The molecule has 0 aliphatic carbocycles. The Morgan fingerprint density at radius 1 is 1.17 bits per heavy atom. The van der Waals surface area contributed by atoms with Gasteiger partial charge in [0.05, 0.1) is 11.0 Å². The number of hydrogen-bond donors (Lipinski definition) is 1. The summed E-state index contributed by atoms with van der Waals surface area (Å²) in [5, 5.41) is 3.65. The van der Waals surface area contributed by atoms with Crippen molar-refractivity contribution >= 4 is 26.8 Å². The van der Waals surface area contributed by atoms with E-state index < -0.39 is 10.0 Å². The second kappa shape index (κ2) is 9.28. The first kappa shape index (κ1) is 21.8. The zero-order valence-electron chi connectivity index (χ0n) is 17.5. The summed E-state index contributed by atoms with van der Waals surface area (Å²) in [6.07, 6.45) is 3.80. The summed E-state index contributed by atoms with van der Waals surface area (Å²) in [4.78, 5) is 12.8. The predicted octanol–water partition coefficient (Wildman–Crippen LogP) is 2.90. The van der Waals surface area contributed by atoms with Crippen LogP contribution in [-0.4, -0.2) is 55.5 Å². The van der Waals surface area contributed by atoms with E-state index in [9.17, 15) is 13.2 Å². The molecule has 0 unspecified atom stereocenters. The molecule has 1 aromatic carbocycles. The number of piperidine rings is 1. The lowest BCUT2D eigenvalue weighted by Crippen LogP contribution is -2.35. The van der Waals surface area contributed by atoms with Gasteiger partial charge in [-0.05, 0) is 57.4 Å². The number of fused-ring (bicyclic) bond motifs is 1. The molecule has 1 aliphatic heterocycles. The normalized spacial score (nSPS) is 15.9. The Balaban J connectivity index is 1.74. The Bertz CT molecular complexity index is 960. The van der Waals surface area contributed by atoms with Gasteiger partial charge in [-0.25, -0.2) is 8.42 Å². The van der Waals surface area contributed by atoms with E-state index in [0.29, 0.717) is 31.9 Å². The average Bonchev–Trinajstić information content (AvgIpc) is 3.04. The Labute approximate surface area is 173 Å². The van der Waals surface area contributed by atoms with Crippen molar-refractivity contribution < 1.29 is 17.9 Å². The van der Waals surface area contributed by atoms with Crippen LogP contribution < -0.4 is 5.32 Å². The number of nitrogens with one attached hydrogen (secondary N) is 1. The summed E-state index contributed by atoms with van der Waals surface area (Å²) < 4.78 is 34.7. The van der Waals surface area contributed by atoms with Gasteiger partial charge in [0.2, 0.25) is 10.0 Å². The van der Waals surface area contributed by atoms with E-state index in [2.05, 4.69) is 5.32 Å². The standard InChI is InChI=1S/C21H31N3O4S/c1-16(2)28-13-7-10-22-21(25)20-15-17-14-18(8-9-19(17)23(20)3)29(26,27)24-11-5-4-6-12-24/h8-9,14-16H,4-7,10-13H2,1-3H3,(H,22,25). The second-order valence-electron chi connectivity index (χ2n) is 7.80. The molecule has 160 valence electrons. The maximum Gasteiger partial charge on any atom is 0.267 e.